The molecule has 0 N–H and O–H groups in total. The van der Waals surface area contributed by atoms with E-state index in [0.29, 0.717) is 18.6 Å². The van der Waals surface area contributed by atoms with Crippen molar-refractivity contribution < 1.29 is 9.13 Å². The van der Waals surface area contributed by atoms with E-state index in [1.165, 1.54) is 23.4 Å². The second kappa shape index (κ2) is 7.16. The van der Waals surface area contributed by atoms with Crippen molar-refractivity contribution in [2.75, 3.05) is 56.2 Å². The number of likely N-dealkylation sites (tertiary alicyclic amines) is 1. The molecule has 6 rings (SSSR count). The minimum Gasteiger partial charge on any atom is -0.493 e. The van der Waals surface area contributed by atoms with Crippen LogP contribution in [0.15, 0.2) is 30.3 Å². The largest absolute Gasteiger partial charge is 0.493 e. The SMILES string of the molecule is CN1CCN2c3c(cccc31)C1CN(CCCc3c(F)ccc4c3CCO4)CCC12. The second-order valence-electron chi connectivity index (χ2n) is 9.30. The van der Waals surface area contributed by atoms with Gasteiger partial charge in [-0.15, -0.1) is 0 Å². The summed E-state index contributed by atoms with van der Waals surface area (Å²) in [4.78, 5) is 7.70. The summed E-state index contributed by atoms with van der Waals surface area (Å²) in [5, 5.41) is 0. The first-order chi connectivity index (χ1) is 14.7. The Labute approximate surface area is 178 Å². The molecule has 0 amide bonds. The van der Waals surface area contributed by atoms with Crippen molar-refractivity contribution in [3.8, 4) is 5.75 Å². The predicted octanol–water partition coefficient (Wildman–Crippen LogP) is 3.82. The van der Waals surface area contributed by atoms with Crippen LogP contribution >= 0.6 is 0 Å². The number of halogens is 1. The first-order valence-electron chi connectivity index (χ1n) is 11.5. The molecule has 0 spiro atoms. The lowest BCUT2D eigenvalue weighted by Gasteiger charge is -2.41. The van der Waals surface area contributed by atoms with Crippen LogP contribution in [-0.4, -0.2) is 57.3 Å². The van der Waals surface area contributed by atoms with E-state index in [0.717, 1.165) is 68.9 Å². The predicted molar refractivity (Wildman–Crippen MR) is 119 cm³/mol. The Kier molecular flexibility index (Phi) is 4.41. The van der Waals surface area contributed by atoms with Gasteiger partial charge in [-0.25, -0.2) is 4.39 Å². The molecule has 4 aliphatic heterocycles. The average Bonchev–Trinajstić information content (AvgIpc) is 3.36. The van der Waals surface area contributed by atoms with Gasteiger partial charge in [-0.2, -0.15) is 0 Å². The molecule has 0 aliphatic carbocycles. The van der Waals surface area contributed by atoms with Crippen LogP contribution in [0.4, 0.5) is 15.8 Å². The minimum absolute atomic E-state index is 0.0617. The van der Waals surface area contributed by atoms with Gasteiger partial charge < -0.3 is 19.4 Å². The van der Waals surface area contributed by atoms with Crippen LogP contribution in [-0.2, 0) is 12.8 Å². The number of nitrogens with zero attached hydrogens (tertiary/aromatic N) is 3. The molecule has 2 atom stereocenters. The molecule has 5 heteroatoms. The van der Waals surface area contributed by atoms with Crippen LogP contribution in [0.25, 0.3) is 0 Å². The maximum Gasteiger partial charge on any atom is 0.126 e. The fraction of sp³-hybridized carbons (Fsp3) is 0.520. The van der Waals surface area contributed by atoms with Crippen molar-refractivity contribution in [2.24, 2.45) is 0 Å². The zero-order valence-corrected chi connectivity index (χ0v) is 17.7. The fourth-order valence-electron chi connectivity index (χ4n) is 6.24. The number of ether oxygens (including phenoxy) is 1. The maximum absolute atomic E-state index is 14.4. The van der Waals surface area contributed by atoms with E-state index in [2.05, 4.69) is 39.9 Å². The number of hydrogen-bond acceptors (Lipinski definition) is 4. The Morgan fingerprint density at radius 3 is 3.00 bits per heavy atom. The van der Waals surface area contributed by atoms with Gasteiger partial charge in [0.25, 0.3) is 0 Å². The Bertz CT molecular complexity index is 977. The van der Waals surface area contributed by atoms with Crippen molar-refractivity contribution >= 4 is 11.4 Å². The molecule has 1 saturated heterocycles. The van der Waals surface area contributed by atoms with E-state index < -0.39 is 0 Å². The van der Waals surface area contributed by atoms with Gasteiger partial charge in [0.1, 0.15) is 11.6 Å². The number of rotatable bonds is 4. The van der Waals surface area contributed by atoms with E-state index in [4.69, 9.17) is 4.74 Å². The van der Waals surface area contributed by atoms with Gasteiger partial charge in [-0.1, -0.05) is 12.1 Å². The van der Waals surface area contributed by atoms with Crippen molar-refractivity contribution in [1.29, 1.82) is 0 Å². The number of fused-ring (bicyclic) bond motifs is 4. The van der Waals surface area contributed by atoms with Crippen LogP contribution < -0.4 is 14.5 Å². The molecule has 2 aromatic rings. The van der Waals surface area contributed by atoms with Crippen molar-refractivity contribution in [3.63, 3.8) is 0 Å². The Morgan fingerprint density at radius 2 is 2.07 bits per heavy atom. The van der Waals surface area contributed by atoms with Crippen LogP contribution in [0, 0.1) is 5.82 Å². The molecular weight excluding hydrogens is 377 g/mol. The first kappa shape index (κ1) is 18.5. The molecule has 0 radical (unpaired) electrons. The van der Waals surface area contributed by atoms with Gasteiger partial charge >= 0.3 is 0 Å². The van der Waals surface area contributed by atoms with E-state index in [1.54, 1.807) is 12.1 Å². The van der Waals surface area contributed by atoms with Crippen LogP contribution in [0.1, 0.15) is 35.4 Å². The lowest BCUT2D eigenvalue weighted by Crippen LogP contribution is -2.49. The number of benzene rings is 2. The highest BCUT2D eigenvalue weighted by Crippen LogP contribution is 2.50. The number of anilines is 2. The summed E-state index contributed by atoms with van der Waals surface area (Å²) >= 11 is 0. The molecule has 0 aromatic heterocycles. The zero-order valence-electron chi connectivity index (χ0n) is 17.7. The topological polar surface area (TPSA) is 19.0 Å². The highest BCUT2D eigenvalue weighted by molar-refractivity contribution is 5.80. The smallest absolute Gasteiger partial charge is 0.126 e. The van der Waals surface area contributed by atoms with E-state index in [1.807, 2.05) is 0 Å². The number of para-hydroxylation sites is 1. The highest BCUT2D eigenvalue weighted by Gasteiger charge is 2.44. The third-order valence-electron chi connectivity index (χ3n) is 7.72. The highest BCUT2D eigenvalue weighted by atomic mass is 19.1. The maximum atomic E-state index is 14.4. The molecule has 4 nitrogen and oxygen atoms in total. The third kappa shape index (κ3) is 2.82. The number of likely N-dealkylation sites (N-methyl/N-ethyl adjacent to an activating group) is 1. The quantitative estimate of drug-likeness (QED) is 0.767. The molecule has 0 bridgehead atoms. The molecule has 4 aliphatic rings. The Morgan fingerprint density at radius 1 is 1.13 bits per heavy atom. The molecular formula is C25H30FN3O. The van der Waals surface area contributed by atoms with Gasteiger partial charge in [0.05, 0.1) is 18.0 Å². The molecule has 2 aromatic carbocycles. The van der Waals surface area contributed by atoms with Crippen LogP contribution in [0.3, 0.4) is 0 Å². The van der Waals surface area contributed by atoms with Gasteiger partial charge in [0.2, 0.25) is 0 Å². The Balaban J connectivity index is 1.15. The second-order valence-corrected chi connectivity index (χ2v) is 9.30. The van der Waals surface area contributed by atoms with Crippen LogP contribution in [0.2, 0.25) is 0 Å². The summed E-state index contributed by atoms with van der Waals surface area (Å²) in [6.45, 7) is 6.26. The average molecular weight is 408 g/mol. The molecule has 0 saturated carbocycles. The van der Waals surface area contributed by atoms with Gasteiger partial charge in [0.15, 0.2) is 0 Å². The van der Waals surface area contributed by atoms with Gasteiger partial charge in [-0.05, 0) is 55.1 Å². The zero-order chi connectivity index (χ0) is 20.2. The summed E-state index contributed by atoms with van der Waals surface area (Å²) in [6, 6.07) is 10.9. The van der Waals surface area contributed by atoms with Crippen molar-refractivity contribution in [3.05, 3.63) is 52.8 Å². The summed E-state index contributed by atoms with van der Waals surface area (Å²) < 4.78 is 20.1. The number of hydrogen-bond donors (Lipinski definition) is 0. The third-order valence-corrected chi connectivity index (χ3v) is 7.72. The van der Waals surface area contributed by atoms with Gasteiger partial charge in [-0.3, -0.25) is 0 Å². The molecule has 2 unspecified atom stereocenters. The van der Waals surface area contributed by atoms with Crippen molar-refractivity contribution in [1.82, 2.24) is 4.90 Å². The van der Waals surface area contributed by atoms with E-state index in [-0.39, 0.29) is 5.82 Å². The first-order valence-corrected chi connectivity index (χ1v) is 11.5. The van der Waals surface area contributed by atoms with Crippen LogP contribution in [0.5, 0.6) is 5.75 Å². The summed E-state index contributed by atoms with van der Waals surface area (Å²) in [5.74, 6) is 1.43. The molecule has 158 valence electrons. The standard InChI is InChI=1S/C25H30FN3O/c1-27-13-14-29-22-9-12-28(16-20(22)19-4-2-6-23(27)25(19)29)11-3-5-17-18-10-15-30-24(18)8-7-21(17)26/h2,4,6-8,20,22H,3,5,9-16H2,1H3. The fourth-order valence-corrected chi connectivity index (χ4v) is 6.24. The molecule has 4 heterocycles. The molecule has 1 fully saturated rings. The minimum atomic E-state index is -0.0617. The van der Waals surface area contributed by atoms with E-state index in [9.17, 15) is 4.39 Å². The Hall–Kier alpha value is -2.27. The lowest BCUT2D eigenvalue weighted by atomic mass is 9.89. The summed E-state index contributed by atoms with van der Waals surface area (Å²) in [6.07, 6.45) is 3.88. The molecule has 30 heavy (non-hydrogen) atoms. The summed E-state index contributed by atoms with van der Waals surface area (Å²) in [7, 11) is 2.21. The van der Waals surface area contributed by atoms with Crippen molar-refractivity contribution in [2.45, 2.75) is 37.6 Å². The normalized spacial score (nSPS) is 24.5. The van der Waals surface area contributed by atoms with E-state index >= 15 is 0 Å². The van der Waals surface area contributed by atoms with Gasteiger partial charge in [0, 0.05) is 57.2 Å². The lowest BCUT2D eigenvalue weighted by molar-refractivity contribution is 0.191. The summed E-state index contributed by atoms with van der Waals surface area (Å²) in [5.41, 5.74) is 6.41. The number of piperidine rings is 1. The monoisotopic (exact) mass is 407 g/mol.